The Morgan fingerprint density at radius 3 is 1.36 bits per heavy atom. The van der Waals surface area contributed by atoms with Gasteiger partial charge in [-0.15, -0.1) is 0 Å². The van der Waals surface area contributed by atoms with E-state index >= 15 is 0 Å². The van der Waals surface area contributed by atoms with E-state index in [2.05, 4.69) is 4.74 Å². The lowest BCUT2D eigenvalue weighted by Gasteiger charge is -2.21. The van der Waals surface area contributed by atoms with E-state index in [-0.39, 0.29) is 25.0 Å². The van der Waals surface area contributed by atoms with E-state index in [1.807, 2.05) is 0 Å². The molecule has 0 bridgehead atoms. The van der Waals surface area contributed by atoms with Crippen LogP contribution in [0.5, 0.6) is 0 Å². The van der Waals surface area contributed by atoms with Crippen molar-refractivity contribution in [3.8, 4) is 0 Å². The SMILES string of the molecule is O=CCC(O)CCCCCCCCOC(=O)CCCCCCCC(OC=O)C(O)CCCCCCCC(=O)OCCCCCCCCC(O)COC=O. The maximum absolute atomic E-state index is 12.0. The number of carbonyl (C=O) groups is 5. The number of hydrogen-bond donors (Lipinski definition) is 3. The molecule has 0 aromatic rings. The van der Waals surface area contributed by atoms with Crippen molar-refractivity contribution in [1.29, 1.82) is 0 Å². The molecule has 12 heteroatoms. The Bertz CT molecular complexity index is 870. The summed E-state index contributed by atoms with van der Waals surface area (Å²) in [5.41, 5.74) is 0. The topological polar surface area (TPSA) is 183 Å². The van der Waals surface area contributed by atoms with Crippen molar-refractivity contribution in [1.82, 2.24) is 0 Å². The van der Waals surface area contributed by atoms with Crippen molar-refractivity contribution < 1.29 is 58.2 Å². The fraction of sp³-hybridized carbons (Fsp3) is 0.878. The van der Waals surface area contributed by atoms with E-state index in [0.717, 1.165) is 148 Å². The molecule has 12 nitrogen and oxygen atoms in total. The molecule has 0 aliphatic carbocycles. The van der Waals surface area contributed by atoms with Crippen LogP contribution in [0.25, 0.3) is 0 Å². The Hall–Kier alpha value is -2.57. The van der Waals surface area contributed by atoms with Gasteiger partial charge in [-0.2, -0.15) is 0 Å². The molecule has 0 fully saturated rings. The number of unbranched alkanes of at least 4 members (excludes halogenated alkanes) is 18. The first-order chi connectivity index (χ1) is 25.8. The summed E-state index contributed by atoms with van der Waals surface area (Å²) in [6.07, 6.45) is 22.7. The van der Waals surface area contributed by atoms with E-state index in [0.29, 0.717) is 64.7 Å². The molecule has 0 aromatic carbocycles. The second-order valence-corrected chi connectivity index (χ2v) is 14.4. The van der Waals surface area contributed by atoms with Crippen LogP contribution < -0.4 is 0 Å². The van der Waals surface area contributed by atoms with Gasteiger partial charge in [0.2, 0.25) is 0 Å². The molecule has 310 valence electrons. The summed E-state index contributed by atoms with van der Waals surface area (Å²) in [5, 5.41) is 29.7. The zero-order valence-electron chi connectivity index (χ0n) is 32.7. The standard InChI is InChI=1S/C41H74O12/c42-30-29-36(45)23-15-7-1-3-13-21-31-52-41(49)28-20-12-6-10-18-26-39(53-35-44)38(47)25-17-9-5-11-19-27-40(48)51-32-22-14-4-2-8-16-24-37(46)33-50-34-43/h30,34-39,45-47H,1-29,31-33H2. The molecule has 0 aliphatic heterocycles. The van der Waals surface area contributed by atoms with Gasteiger partial charge < -0.3 is 39.1 Å². The average Bonchev–Trinajstić information content (AvgIpc) is 3.14. The predicted molar refractivity (Wildman–Crippen MR) is 203 cm³/mol. The van der Waals surface area contributed by atoms with Crippen LogP contribution in [0.4, 0.5) is 0 Å². The molecular formula is C41H74O12. The van der Waals surface area contributed by atoms with E-state index in [9.17, 15) is 39.3 Å². The molecule has 0 spiro atoms. The van der Waals surface area contributed by atoms with E-state index < -0.39 is 24.4 Å². The molecule has 53 heavy (non-hydrogen) atoms. The summed E-state index contributed by atoms with van der Waals surface area (Å²) in [4.78, 5) is 55.4. The van der Waals surface area contributed by atoms with Gasteiger partial charge in [-0.1, -0.05) is 109 Å². The van der Waals surface area contributed by atoms with Gasteiger partial charge in [-0.05, 0) is 57.8 Å². The van der Waals surface area contributed by atoms with Crippen molar-refractivity contribution in [2.24, 2.45) is 0 Å². The summed E-state index contributed by atoms with van der Waals surface area (Å²) >= 11 is 0. The molecule has 0 saturated carbocycles. The number of aliphatic hydroxyl groups is 3. The van der Waals surface area contributed by atoms with Crippen LogP contribution in [0, 0.1) is 0 Å². The number of rotatable bonds is 42. The lowest BCUT2D eigenvalue weighted by Crippen LogP contribution is -2.28. The smallest absolute Gasteiger partial charge is 0.305 e. The van der Waals surface area contributed by atoms with Gasteiger partial charge in [0.1, 0.15) is 19.0 Å². The average molecular weight is 759 g/mol. The highest BCUT2D eigenvalue weighted by molar-refractivity contribution is 5.69. The Balaban J connectivity index is 3.65. The van der Waals surface area contributed by atoms with Gasteiger partial charge in [0.05, 0.1) is 31.5 Å². The second-order valence-electron chi connectivity index (χ2n) is 14.4. The summed E-state index contributed by atoms with van der Waals surface area (Å²) in [5.74, 6) is -0.308. The number of aldehydes is 1. The minimum atomic E-state index is -0.694. The van der Waals surface area contributed by atoms with E-state index in [4.69, 9.17) is 14.2 Å². The molecule has 4 atom stereocenters. The highest BCUT2D eigenvalue weighted by Gasteiger charge is 2.19. The molecule has 0 heterocycles. The van der Waals surface area contributed by atoms with Gasteiger partial charge in [0, 0.05) is 19.3 Å². The first-order valence-electron chi connectivity index (χ1n) is 20.8. The third-order valence-corrected chi connectivity index (χ3v) is 9.52. The van der Waals surface area contributed by atoms with E-state index in [1.54, 1.807) is 0 Å². The van der Waals surface area contributed by atoms with Gasteiger partial charge in [-0.3, -0.25) is 19.2 Å². The number of aliphatic hydroxyl groups excluding tert-OH is 3. The van der Waals surface area contributed by atoms with Crippen molar-refractivity contribution >= 4 is 31.2 Å². The maximum Gasteiger partial charge on any atom is 0.305 e. The van der Waals surface area contributed by atoms with Gasteiger partial charge in [0.25, 0.3) is 12.9 Å². The number of carbonyl (C=O) groups excluding carboxylic acids is 5. The van der Waals surface area contributed by atoms with Gasteiger partial charge >= 0.3 is 11.9 Å². The third-order valence-electron chi connectivity index (χ3n) is 9.52. The van der Waals surface area contributed by atoms with Crippen molar-refractivity contribution in [3.05, 3.63) is 0 Å². The summed E-state index contributed by atoms with van der Waals surface area (Å²) in [6.45, 7) is 1.72. The Labute approximate surface area is 319 Å². The molecule has 3 N–H and O–H groups in total. The number of esters is 2. The van der Waals surface area contributed by atoms with Crippen molar-refractivity contribution in [2.45, 2.75) is 211 Å². The largest absolute Gasteiger partial charge is 0.466 e. The zero-order valence-corrected chi connectivity index (χ0v) is 32.7. The maximum atomic E-state index is 12.0. The minimum absolute atomic E-state index is 0.0534. The lowest BCUT2D eigenvalue weighted by molar-refractivity contribution is -0.144. The fourth-order valence-corrected chi connectivity index (χ4v) is 6.26. The molecule has 0 aromatic heterocycles. The first kappa shape index (κ1) is 50.4. The van der Waals surface area contributed by atoms with Gasteiger partial charge in [-0.25, -0.2) is 0 Å². The van der Waals surface area contributed by atoms with Crippen LogP contribution in [0.3, 0.4) is 0 Å². The van der Waals surface area contributed by atoms with Crippen LogP contribution in [0.1, 0.15) is 186 Å². The van der Waals surface area contributed by atoms with Crippen LogP contribution in [-0.4, -0.2) is 90.7 Å². The molecular weight excluding hydrogens is 684 g/mol. The monoisotopic (exact) mass is 759 g/mol. The second kappa shape index (κ2) is 39.1. The van der Waals surface area contributed by atoms with Crippen LogP contribution >= 0.6 is 0 Å². The lowest BCUT2D eigenvalue weighted by atomic mass is 9.99. The summed E-state index contributed by atoms with van der Waals surface area (Å²) < 4.78 is 20.4. The van der Waals surface area contributed by atoms with E-state index in [1.165, 1.54) is 0 Å². The molecule has 0 saturated heterocycles. The Morgan fingerprint density at radius 1 is 0.472 bits per heavy atom. The minimum Gasteiger partial charge on any atom is -0.466 e. The number of hydrogen-bond acceptors (Lipinski definition) is 12. The third kappa shape index (κ3) is 36.2. The summed E-state index contributed by atoms with van der Waals surface area (Å²) in [7, 11) is 0. The summed E-state index contributed by atoms with van der Waals surface area (Å²) in [6, 6.07) is 0. The Morgan fingerprint density at radius 2 is 0.887 bits per heavy atom. The van der Waals surface area contributed by atoms with Crippen LogP contribution in [-0.2, 0) is 42.9 Å². The van der Waals surface area contributed by atoms with Crippen LogP contribution in [0.2, 0.25) is 0 Å². The fourth-order valence-electron chi connectivity index (χ4n) is 6.26. The van der Waals surface area contributed by atoms with Crippen molar-refractivity contribution in [2.75, 3.05) is 19.8 Å². The van der Waals surface area contributed by atoms with Gasteiger partial charge in [0.15, 0.2) is 0 Å². The molecule has 0 rings (SSSR count). The molecule has 4 unspecified atom stereocenters. The number of ether oxygens (including phenoxy) is 4. The Kier molecular flexibility index (Phi) is 37.2. The highest BCUT2D eigenvalue weighted by atomic mass is 16.5. The zero-order chi connectivity index (χ0) is 39.0. The highest BCUT2D eigenvalue weighted by Crippen LogP contribution is 2.18. The molecule has 0 radical (unpaired) electrons. The predicted octanol–water partition coefficient (Wildman–Crippen LogP) is 7.38. The first-order valence-corrected chi connectivity index (χ1v) is 20.8. The quantitative estimate of drug-likeness (QED) is 0.0243. The molecule has 0 aliphatic rings. The normalized spacial score (nSPS) is 13.4. The van der Waals surface area contributed by atoms with Crippen LogP contribution in [0.15, 0.2) is 0 Å². The van der Waals surface area contributed by atoms with Crippen molar-refractivity contribution in [3.63, 3.8) is 0 Å². The molecule has 0 amide bonds.